The average molecular weight is 499 g/mol. The Morgan fingerprint density at radius 2 is 1.70 bits per heavy atom. The number of aromatic nitrogens is 1. The predicted molar refractivity (Wildman–Crippen MR) is 145 cm³/mol. The van der Waals surface area contributed by atoms with Crippen LogP contribution in [0.4, 0.5) is 11.5 Å². The minimum Gasteiger partial charge on any atom is -0.457 e. The van der Waals surface area contributed by atoms with Gasteiger partial charge in [0.2, 0.25) is 11.8 Å². The van der Waals surface area contributed by atoms with Crippen LogP contribution >= 0.6 is 0 Å². The van der Waals surface area contributed by atoms with Crippen molar-refractivity contribution in [3.63, 3.8) is 0 Å². The molecule has 0 spiro atoms. The third-order valence-electron chi connectivity index (χ3n) is 7.14. The van der Waals surface area contributed by atoms with Crippen molar-refractivity contribution in [2.24, 2.45) is 11.8 Å². The van der Waals surface area contributed by atoms with Crippen molar-refractivity contribution in [3.8, 4) is 11.5 Å². The summed E-state index contributed by atoms with van der Waals surface area (Å²) in [6.07, 6.45) is 3.97. The van der Waals surface area contributed by atoms with Crippen LogP contribution in [0.5, 0.6) is 11.5 Å². The maximum atomic E-state index is 13.1. The van der Waals surface area contributed by atoms with E-state index in [-0.39, 0.29) is 29.1 Å². The van der Waals surface area contributed by atoms with Gasteiger partial charge in [-0.15, -0.1) is 0 Å². The molecule has 1 aliphatic heterocycles. The Morgan fingerprint density at radius 1 is 0.919 bits per heavy atom. The number of amides is 2. The van der Waals surface area contributed by atoms with Gasteiger partial charge in [0, 0.05) is 37.0 Å². The topological polar surface area (TPSA) is 92.3 Å². The standard InChI is InChI=1S/C30H34N4O3/c1-30(2,3)23-5-4-6-24(15-23)33-28(35)20-8-7-19-9-10-25(14-21(19)13-20)37-26-11-12-32-27(16-26)34-29(36)22-17-31-18-22/h4-6,9-12,14-16,20,22,31H,7-8,13,17-18H2,1-3H3,(H,33,35)(H,32,34,36). The first-order valence-corrected chi connectivity index (χ1v) is 12.9. The Hall–Kier alpha value is -3.71. The first-order valence-electron chi connectivity index (χ1n) is 12.9. The molecule has 0 radical (unpaired) electrons. The van der Waals surface area contributed by atoms with E-state index in [1.807, 2.05) is 24.3 Å². The number of rotatable bonds is 6. The fourth-order valence-corrected chi connectivity index (χ4v) is 4.71. The van der Waals surface area contributed by atoms with Gasteiger partial charge < -0.3 is 20.7 Å². The second-order valence-electron chi connectivity index (χ2n) is 11.0. The monoisotopic (exact) mass is 498 g/mol. The van der Waals surface area contributed by atoms with Crippen LogP contribution in [-0.2, 0) is 27.8 Å². The number of ether oxygens (including phenoxy) is 1. The summed E-state index contributed by atoms with van der Waals surface area (Å²) in [4.78, 5) is 29.6. The summed E-state index contributed by atoms with van der Waals surface area (Å²) >= 11 is 0. The molecule has 0 saturated carbocycles. The van der Waals surface area contributed by atoms with Gasteiger partial charge in [0.05, 0.1) is 5.92 Å². The number of carbonyl (C=O) groups excluding carboxylic acids is 2. The molecule has 1 fully saturated rings. The third kappa shape index (κ3) is 6.00. The smallest absolute Gasteiger partial charge is 0.231 e. The SMILES string of the molecule is CC(C)(C)c1cccc(NC(=O)C2CCc3ccc(Oc4ccnc(NC(=O)C5CNC5)c4)cc3C2)c1. The van der Waals surface area contributed by atoms with Crippen molar-refractivity contribution < 1.29 is 14.3 Å². The summed E-state index contributed by atoms with van der Waals surface area (Å²) in [6.45, 7) is 7.89. The molecule has 1 aliphatic carbocycles. The van der Waals surface area contributed by atoms with Gasteiger partial charge in [-0.3, -0.25) is 9.59 Å². The van der Waals surface area contributed by atoms with Crippen molar-refractivity contribution in [1.29, 1.82) is 0 Å². The van der Waals surface area contributed by atoms with Gasteiger partial charge in [-0.2, -0.15) is 0 Å². The lowest BCUT2D eigenvalue weighted by molar-refractivity contribution is -0.121. The number of nitrogens with one attached hydrogen (secondary N) is 3. The lowest BCUT2D eigenvalue weighted by Gasteiger charge is -2.25. The number of fused-ring (bicyclic) bond motifs is 1. The van der Waals surface area contributed by atoms with Crippen LogP contribution < -0.4 is 20.7 Å². The minimum atomic E-state index is -0.0928. The molecule has 1 atom stereocenters. The fourth-order valence-electron chi connectivity index (χ4n) is 4.71. The van der Waals surface area contributed by atoms with Crippen molar-refractivity contribution >= 4 is 23.3 Å². The number of pyridine rings is 1. The summed E-state index contributed by atoms with van der Waals surface area (Å²) in [5, 5.41) is 9.08. The van der Waals surface area contributed by atoms with Gasteiger partial charge in [-0.25, -0.2) is 4.98 Å². The van der Waals surface area contributed by atoms with E-state index in [0.717, 1.165) is 24.1 Å². The second-order valence-corrected chi connectivity index (χ2v) is 11.0. The molecule has 0 bridgehead atoms. The molecular weight excluding hydrogens is 464 g/mol. The summed E-state index contributed by atoms with van der Waals surface area (Å²) in [5.74, 6) is 1.68. The zero-order chi connectivity index (χ0) is 26.0. The predicted octanol–water partition coefficient (Wildman–Crippen LogP) is 5.07. The number of carbonyl (C=O) groups is 2. The molecule has 7 heteroatoms. The fraction of sp³-hybridized carbons (Fsp3) is 0.367. The summed E-state index contributed by atoms with van der Waals surface area (Å²) in [5.41, 5.74) is 4.45. The van der Waals surface area contributed by atoms with Gasteiger partial charge in [0.25, 0.3) is 0 Å². The zero-order valence-electron chi connectivity index (χ0n) is 21.6. The highest BCUT2D eigenvalue weighted by molar-refractivity contribution is 5.93. The average Bonchev–Trinajstić information content (AvgIpc) is 2.82. The number of hydrogen-bond acceptors (Lipinski definition) is 5. The van der Waals surface area contributed by atoms with Crippen LogP contribution in [0.1, 0.15) is 43.9 Å². The highest BCUT2D eigenvalue weighted by Gasteiger charge is 2.26. The Labute approximate surface area is 218 Å². The van der Waals surface area contributed by atoms with Crippen LogP contribution in [0.15, 0.2) is 60.8 Å². The Morgan fingerprint density at radius 3 is 2.46 bits per heavy atom. The molecule has 5 rings (SSSR count). The number of hydrogen-bond donors (Lipinski definition) is 3. The first kappa shape index (κ1) is 25.0. The van der Waals surface area contributed by atoms with Gasteiger partial charge >= 0.3 is 0 Å². The van der Waals surface area contributed by atoms with E-state index in [1.54, 1.807) is 18.3 Å². The minimum absolute atomic E-state index is 0.0143. The molecule has 37 heavy (non-hydrogen) atoms. The van der Waals surface area contributed by atoms with E-state index < -0.39 is 0 Å². The Bertz CT molecular complexity index is 1310. The van der Waals surface area contributed by atoms with Gasteiger partial charge in [0.1, 0.15) is 17.3 Å². The van der Waals surface area contributed by atoms with E-state index in [0.29, 0.717) is 36.8 Å². The van der Waals surface area contributed by atoms with Gasteiger partial charge in [-0.1, -0.05) is 39.0 Å². The Balaban J connectivity index is 1.23. The highest BCUT2D eigenvalue weighted by Crippen LogP contribution is 2.32. The van der Waals surface area contributed by atoms with E-state index in [9.17, 15) is 9.59 Å². The van der Waals surface area contributed by atoms with Gasteiger partial charge in [0.15, 0.2) is 0 Å². The molecule has 192 valence electrons. The first-order chi connectivity index (χ1) is 17.7. The van der Waals surface area contributed by atoms with Crippen molar-refractivity contribution in [2.45, 2.75) is 45.4 Å². The van der Waals surface area contributed by atoms with E-state index in [2.05, 4.69) is 59.9 Å². The maximum absolute atomic E-state index is 13.1. The lowest BCUT2D eigenvalue weighted by Crippen LogP contribution is -2.48. The van der Waals surface area contributed by atoms with E-state index in [1.165, 1.54) is 11.1 Å². The van der Waals surface area contributed by atoms with Crippen molar-refractivity contribution in [1.82, 2.24) is 10.3 Å². The maximum Gasteiger partial charge on any atom is 0.231 e. The van der Waals surface area contributed by atoms with E-state index >= 15 is 0 Å². The van der Waals surface area contributed by atoms with Crippen LogP contribution in [-0.4, -0.2) is 29.9 Å². The van der Waals surface area contributed by atoms with Crippen molar-refractivity contribution in [2.75, 3.05) is 23.7 Å². The van der Waals surface area contributed by atoms with Crippen LogP contribution in [0.25, 0.3) is 0 Å². The third-order valence-corrected chi connectivity index (χ3v) is 7.14. The molecule has 2 aromatic carbocycles. The lowest BCUT2D eigenvalue weighted by atomic mass is 9.83. The number of aryl methyl sites for hydroxylation is 1. The largest absolute Gasteiger partial charge is 0.457 e. The molecule has 3 N–H and O–H groups in total. The molecule has 2 aliphatic rings. The molecule has 1 unspecified atom stereocenters. The highest BCUT2D eigenvalue weighted by atomic mass is 16.5. The van der Waals surface area contributed by atoms with Crippen LogP contribution in [0.3, 0.4) is 0 Å². The van der Waals surface area contributed by atoms with Crippen molar-refractivity contribution in [3.05, 3.63) is 77.5 Å². The quantitative estimate of drug-likeness (QED) is 0.441. The molecule has 3 aromatic rings. The van der Waals surface area contributed by atoms with Crippen LogP contribution in [0.2, 0.25) is 0 Å². The molecule has 7 nitrogen and oxygen atoms in total. The van der Waals surface area contributed by atoms with Gasteiger partial charge in [-0.05, 0) is 71.7 Å². The Kier molecular flexibility index (Phi) is 6.98. The number of nitrogens with zero attached hydrogens (tertiary/aromatic N) is 1. The summed E-state index contributed by atoms with van der Waals surface area (Å²) < 4.78 is 6.10. The van der Waals surface area contributed by atoms with E-state index in [4.69, 9.17) is 4.74 Å². The molecule has 1 aromatic heterocycles. The van der Waals surface area contributed by atoms with Crippen LogP contribution in [0, 0.1) is 11.8 Å². The molecular formula is C30H34N4O3. The molecule has 2 heterocycles. The summed E-state index contributed by atoms with van der Waals surface area (Å²) in [7, 11) is 0. The number of benzene rings is 2. The molecule has 1 saturated heterocycles. The molecule has 2 amide bonds. The zero-order valence-corrected chi connectivity index (χ0v) is 21.6. The normalized spacial score (nSPS) is 17.3. The summed E-state index contributed by atoms with van der Waals surface area (Å²) in [6, 6.07) is 17.7. The second kappa shape index (κ2) is 10.3. The number of anilines is 2.